The minimum absolute atomic E-state index is 0.501. The fourth-order valence-corrected chi connectivity index (χ4v) is 4.14. The van der Waals surface area contributed by atoms with Gasteiger partial charge in [-0.25, -0.2) is 0 Å². The maximum absolute atomic E-state index is 2.66. The normalized spacial score (nSPS) is 13.9. The van der Waals surface area contributed by atoms with Gasteiger partial charge in [0.25, 0.3) is 0 Å². The van der Waals surface area contributed by atoms with Gasteiger partial charge in [-0.2, -0.15) is 0 Å². The van der Waals surface area contributed by atoms with E-state index in [1.54, 1.807) is 0 Å². The van der Waals surface area contributed by atoms with Crippen molar-refractivity contribution in [3.63, 3.8) is 0 Å². The van der Waals surface area contributed by atoms with E-state index < -0.39 is 8.96 Å². The van der Waals surface area contributed by atoms with E-state index in [-0.39, 0.29) is 0 Å². The highest BCUT2D eigenvalue weighted by Gasteiger charge is 2.09. The number of nitrogens with zero attached hydrogens (tertiary/aromatic N) is 1. The largest absolute Gasteiger partial charge is 0.327 e. The molecule has 0 aliphatic heterocycles. The lowest BCUT2D eigenvalue weighted by atomic mass is 10.4. The fourth-order valence-electron chi connectivity index (χ4n) is 1.53. The molecule has 68 valence electrons. The van der Waals surface area contributed by atoms with Crippen molar-refractivity contribution in [1.29, 1.82) is 0 Å². The van der Waals surface area contributed by atoms with Crippen LogP contribution in [0.15, 0.2) is 0 Å². The van der Waals surface area contributed by atoms with Gasteiger partial charge in [0.1, 0.15) is 8.96 Å². The van der Waals surface area contributed by atoms with Crippen LogP contribution in [0, 0.1) is 0 Å². The van der Waals surface area contributed by atoms with Gasteiger partial charge in [0.05, 0.1) is 0 Å². The minimum atomic E-state index is -0.501. The molecule has 0 aliphatic carbocycles. The Labute approximate surface area is 73.5 Å². The summed E-state index contributed by atoms with van der Waals surface area (Å²) in [4.78, 5) is 0. The van der Waals surface area contributed by atoms with Crippen molar-refractivity contribution in [2.75, 3.05) is 13.1 Å². The number of rotatable bonds is 6. The zero-order chi connectivity index (χ0) is 8.69. The van der Waals surface area contributed by atoms with E-state index in [2.05, 4.69) is 31.9 Å². The van der Waals surface area contributed by atoms with Gasteiger partial charge >= 0.3 is 0 Å². The zero-order valence-electron chi connectivity index (χ0n) is 8.56. The lowest BCUT2D eigenvalue weighted by Crippen LogP contribution is -2.36. The average molecular weight is 173 g/mol. The minimum Gasteiger partial charge on any atom is -0.327 e. The van der Waals surface area contributed by atoms with E-state index in [0.717, 1.165) is 0 Å². The second kappa shape index (κ2) is 6.86. The number of hydrogen-bond acceptors (Lipinski definition) is 1. The van der Waals surface area contributed by atoms with Crippen LogP contribution in [-0.2, 0) is 0 Å². The summed E-state index contributed by atoms with van der Waals surface area (Å²) < 4.78 is 2.66. The first kappa shape index (κ1) is 11.2. The Balaban J connectivity index is 3.51. The number of hydrogen-bond donors (Lipinski definition) is 0. The second-order valence-electron chi connectivity index (χ2n) is 3.21. The molecule has 0 aliphatic rings. The Hall–Kier alpha value is 0.177. The molecular weight excluding hydrogens is 150 g/mol. The summed E-state index contributed by atoms with van der Waals surface area (Å²) in [5, 5.41) is 0. The fraction of sp³-hybridized carbons (Fsp3) is 1.00. The molecule has 0 aromatic carbocycles. The molecule has 11 heavy (non-hydrogen) atoms. The van der Waals surface area contributed by atoms with Crippen molar-refractivity contribution in [2.24, 2.45) is 0 Å². The van der Waals surface area contributed by atoms with Gasteiger partial charge < -0.3 is 4.57 Å². The molecule has 0 bridgehead atoms. The predicted octanol–water partition coefficient (Wildman–Crippen LogP) is 2.48. The predicted molar refractivity (Wildman–Crippen MR) is 55.6 cm³/mol. The van der Waals surface area contributed by atoms with Crippen molar-refractivity contribution in [2.45, 2.75) is 46.2 Å². The van der Waals surface area contributed by atoms with Crippen LogP contribution >= 0.6 is 0 Å². The van der Waals surface area contributed by atoms with Gasteiger partial charge in [-0.15, -0.1) is 0 Å². The highest BCUT2D eigenvalue weighted by Crippen LogP contribution is 2.05. The molecule has 0 aromatic heterocycles. The quantitative estimate of drug-likeness (QED) is 0.558. The molecule has 0 saturated carbocycles. The van der Waals surface area contributed by atoms with Crippen LogP contribution < -0.4 is 0 Å². The Morgan fingerprint density at radius 1 is 1.09 bits per heavy atom. The van der Waals surface area contributed by atoms with Crippen LogP contribution in [-0.4, -0.2) is 26.6 Å². The molecule has 0 rings (SSSR count). The molecule has 0 amide bonds. The van der Waals surface area contributed by atoms with Crippen LogP contribution in [0.2, 0.25) is 12.6 Å². The molecule has 1 nitrogen and oxygen atoms in total. The van der Waals surface area contributed by atoms with E-state index in [4.69, 9.17) is 0 Å². The van der Waals surface area contributed by atoms with E-state index in [1.165, 1.54) is 32.0 Å². The van der Waals surface area contributed by atoms with Crippen molar-refractivity contribution >= 4 is 8.96 Å². The Kier molecular flexibility index (Phi) is 6.97. The number of unbranched alkanes of at least 4 members (excludes halogenated alkanes) is 1. The van der Waals surface area contributed by atoms with Gasteiger partial charge in [0, 0.05) is 0 Å². The lowest BCUT2D eigenvalue weighted by Gasteiger charge is -2.24. The second-order valence-corrected chi connectivity index (χ2v) is 6.22. The average Bonchev–Trinajstić information content (AvgIpc) is 2.03. The maximum Gasteiger partial charge on any atom is 0.108 e. The van der Waals surface area contributed by atoms with E-state index >= 15 is 0 Å². The smallest absolute Gasteiger partial charge is 0.108 e. The molecule has 0 spiro atoms. The first-order chi connectivity index (χ1) is 5.26. The third-order valence-electron chi connectivity index (χ3n) is 2.41. The topological polar surface area (TPSA) is 3.24 Å². The van der Waals surface area contributed by atoms with E-state index in [9.17, 15) is 0 Å². The first-order valence-electron chi connectivity index (χ1n) is 5.00. The van der Waals surface area contributed by atoms with Crippen LogP contribution in [0.4, 0.5) is 0 Å². The maximum atomic E-state index is 2.66. The Morgan fingerprint density at radius 2 is 1.64 bits per heavy atom. The zero-order valence-corrected chi connectivity index (χ0v) is 9.71. The summed E-state index contributed by atoms with van der Waals surface area (Å²) in [5.41, 5.74) is 0. The van der Waals surface area contributed by atoms with Gasteiger partial charge in [-0.3, -0.25) is 0 Å². The molecule has 0 aromatic rings. The molecular formula is C9H23NSi. The van der Waals surface area contributed by atoms with Crippen molar-refractivity contribution in [3.8, 4) is 0 Å². The highest BCUT2D eigenvalue weighted by molar-refractivity contribution is 6.54. The third kappa shape index (κ3) is 4.59. The lowest BCUT2D eigenvalue weighted by molar-refractivity contribution is 0.478. The van der Waals surface area contributed by atoms with Crippen LogP contribution in [0.5, 0.6) is 0 Å². The SMILES string of the molecule is CCCC[SiH](C)N(CC)CC. The Morgan fingerprint density at radius 3 is 2.00 bits per heavy atom. The van der Waals surface area contributed by atoms with Gasteiger partial charge in [0.2, 0.25) is 0 Å². The summed E-state index contributed by atoms with van der Waals surface area (Å²) >= 11 is 0. The van der Waals surface area contributed by atoms with Gasteiger partial charge in [-0.05, 0) is 19.1 Å². The molecule has 1 atom stereocenters. The van der Waals surface area contributed by atoms with Crippen LogP contribution in [0.1, 0.15) is 33.6 Å². The molecule has 0 fully saturated rings. The highest BCUT2D eigenvalue weighted by atomic mass is 28.3. The first-order valence-corrected chi connectivity index (χ1v) is 7.49. The standard InChI is InChI=1S/C9H23NSi/c1-5-8-9-11(4)10(6-2)7-3/h11H,5-9H2,1-4H3. The van der Waals surface area contributed by atoms with Crippen molar-refractivity contribution in [1.82, 2.24) is 4.57 Å². The molecule has 1 unspecified atom stereocenters. The molecule has 0 radical (unpaired) electrons. The Bertz CT molecular complexity index is 81.6. The molecule has 0 N–H and O–H groups in total. The van der Waals surface area contributed by atoms with Crippen LogP contribution in [0.3, 0.4) is 0 Å². The van der Waals surface area contributed by atoms with Gasteiger partial charge in [0.15, 0.2) is 0 Å². The van der Waals surface area contributed by atoms with E-state index in [1.807, 2.05) is 0 Å². The summed E-state index contributed by atoms with van der Waals surface area (Å²) in [6.07, 6.45) is 2.79. The summed E-state index contributed by atoms with van der Waals surface area (Å²) in [6, 6.07) is 1.50. The summed E-state index contributed by atoms with van der Waals surface area (Å²) in [6.45, 7) is 11.8. The molecule has 0 saturated heterocycles. The molecule has 2 heteroatoms. The molecule has 0 heterocycles. The van der Waals surface area contributed by atoms with Crippen LogP contribution in [0.25, 0.3) is 0 Å². The van der Waals surface area contributed by atoms with E-state index in [0.29, 0.717) is 0 Å². The van der Waals surface area contributed by atoms with Crippen molar-refractivity contribution < 1.29 is 0 Å². The third-order valence-corrected chi connectivity index (χ3v) is 5.63. The summed E-state index contributed by atoms with van der Waals surface area (Å²) in [7, 11) is -0.501. The van der Waals surface area contributed by atoms with Gasteiger partial charge in [-0.1, -0.05) is 40.2 Å². The van der Waals surface area contributed by atoms with Crippen molar-refractivity contribution in [3.05, 3.63) is 0 Å². The summed E-state index contributed by atoms with van der Waals surface area (Å²) in [5.74, 6) is 0. The monoisotopic (exact) mass is 173 g/mol.